The predicted molar refractivity (Wildman–Crippen MR) is 112 cm³/mol. The lowest BCUT2D eigenvalue weighted by Gasteiger charge is -2.17. The van der Waals surface area contributed by atoms with E-state index < -0.39 is 6.04 Å². The molecule has 1 unspecified atom stereocenters. The molecule has 0 spiro atoms. The van der Waals surface area contributed by atoms with Crippen LogP contribution in [0.1, 0.15) is 24.4 Å². The van der Waals surface area contributed by atoms with Crippen molar-refractivity contribution in [2.75, 3.05) is 10.6 Å². The van der Waals surface area contributed by atoms with E-state index in [4.69, 9.17) is 4.42 Å². The van der Waals surface area contributed by atoms with Crippen molar-refractivity contribution in [1.82, 2.24) is 10.2 Å². The largest absolute Gasteiger partial charge is 0.418 e. The molecule has 7 heteroatoms. The first-order chi connectivity index (χ1) is 14.6. The zero-order valence-corrected chi connectivity index (χ0v) is 16.2. The first kappa shape index (κ1) is 19.3. The van der Waals surface area contributed by atoms with Gasteiger partial charge in [0.15, 0.2) is 0 Å². The molecule has 0 saturated heterocycles. The third-order valence-corrected chi connectivity index (χ3v) is 4.43. The third kappa shape index (κ3) is 4.52. The number of benzene rings is 3. The standard InChI is InChI=1S/C23H19FN4O2/c1-15(29)25-19-11-13-20(14-12-19)26-21(16-7-9-18(24)10-8-16)23-28-27-22(30-23)17-5-3-2-4-6-17/h2-14,21,26H,1H3,(H,25,29). The fraction of sp³-hybridized carbons (Fsp3) is 0.0870. The van der Waals surface area contributed by atoms with Gasteiger partial charge in [0.1, 0.15) is 11.9 Å². The molecule has 0 aliphatic rings. The second-order valence-electron chi connectivity index (χ2n) is 6.70. The van der Waals surface area contributed by atoms with Crippen LogP contribution in [0.5, 0.6) is 0 Å². The molecule has 1 amide bonds. The number of carbonyl (C=O) groups is 1. The lowest BCUT2D eigenvalue weighted by atomic mass is 10.1. The zero-order chi connectivity index (χ0) is 20.9. The van der Waals surface area contributed by atoms with E-state index >= 15 is 0 Å². The summed E-state index contributed by atoms with van der Waals surface area (Å²) in [6, 6.07) is 22.3. The quantitative estimate of drug-likeness (QED) is 0.473. The Balaban J connectivity index is 1.64. The highest BCUT2D eigenvalue weighted by Gasteiger charge is 2.21. The number of rotatable bonds is 6. The van der Waals surface area contributed by atoms with Crippen molar-refractivity contribution in [3.8, 4) is 11.5 Å². The van der Waals surface area contributed by atoms with E-state index in [9.17, 15) is 9.18 Å². The highest BCUT2D eigenvalue weighted by molar-refractivity contribution is 5.88. The Labute approximate surface area is 172 Å². The van der Waals surface area contributed by atoms with Gasteiger partial charge in [-0.15, -0.1) is 10.2 Å². The van der Waals surface area contributed by atoms with Crippen molar-refractivity contribution in [1.29, 1.82) is 0 Å². The minimum Gasteiger partial charge on any atom is -0.418 e. The van der Waals surface area contributed by atoms with Crippen LogP contribution in [-0.4, -0.2) is 16.1 Å². The van der Waals surface area contributed by atoms with Crippen LogP contribution in [0.2, 0.25) is 0 Å². The van der Waals surface area contributed by atoms with Gasteiger partial charge < -0.3 is 15.1 Å². The topological polar surface area (TPSA) is 80.0 Å². The summed E-state index contributed by atoms with van der Waals surface area (Å²) in [5.74, 6) is 0.291. The monoisotopic (exact) mass is 402 g/mol. The molecule has 6 nitrogen and oxygen atoms in total. The second kappa shape index (κ2) is 8.57. The maximum absolute atomic E-state index is 13.4. The summed E-state index contributed by atoms with van der Waals surface area (Å²) in [7, 11) is 0. The predicted octanol–water partition coefficient (Wildman–Crippen LogP) is 5.04. The number of halogens is 1. The Kier molecular flexibility index (Phi) is 5.52. The molecule has 3 aromatic carbocycles. The molecule has 1 aromatic heterocycles. The smallest absolute Gasteiger partial charge is 0.247 e. The zero-order valence-electron chi connectivity index (χ0n) is 16.2. The van der Waals surface area contributed by atoms with Crippen LogP contribution < -0.4 is 10.6 Å². The number of anilines is 2. The molecule has 1 atom stereocenters. The van der Waals surface area contributed by atoms with Crippen molar-refractivity contribution < 1.29 is 13.6 Å². The van der Waals surface area contributed by atoms with Crippen molar-refractivity contribution in [2.24, 2.45) is 0 Å². The van der Waals surface area contributed by atoms with E-state index in [0.29, 0.717) is 17.5 Å². The summed E-state index contributed by atoms with van der Waals surface area (Å²) in [4.78, 5) is 11.2. The molecule has 30 heavy (non-hydrogen) atoms. The summed E-state index contributed by atoms with van der Waals surface area (Å²) in [6.45, 7) is 1.45. The van der Waals surface area contributed by atoms with E-state index in [0.717, 1.165) is 16.8 Å². The molecule has 0 aliphatic heterocycles. The third-order valence-electron chi connectivity index (χ3n) is 4.43. The lowest BCUT2D eigenvalue weighted by Crippen LogP contribution is -2.13. The maximum atomic E-state index is 13.4. The number of aromatic nitrogens is 2. The number of hydrogen-bond acceptors (Lipinski definition) is 5. The van der Waals surface area contributed by atoms with E-state index in [2.05, 4.69) is 20.8 Å². The SMILES string of the molecule is CC(=O)Nc1ccc(NC(c2ccc(F)cc2)c2nnc(-c3ccccc3)o2)cc1. The van der Waals surface area contributed by atoms with Gasteiger partial charge in [-0.05, 0) is 54.1 Å². The first-order valence-corrected chi connectivity index (χ1v) is 9.37. The second-order valence-corrected chi connectivity index (χ2v) is 6.70. The van der Waals surface area contributed by atoms with Gasteiger partial charge >= 0.3 is 0 Å². The molecule has 4 rings (SSSR count). The van der Waals surface area contributed by atoms with Crippen molar-refractivity contribution in [3.05, 3.63) is 96.1 Å². The van der Waals surface area contributed by atoms with Crippen molar-refractivity contribution in [2.45, 2.75) is 13.0 Å². The minimum atomic E-state index is -0.484. The highest BCUT2D eigenvalue weighted by Crippen LogP contribution is 2.29. The van der Waals surface area contributed by atoms with Gasteiger partial charge in [0.2, 0.25) is 17.7 Å². The normalized spacial score (nSPS) is 11.7. The van der Waals surface area contributed by atoms with Crippen molar-refractivity contribution in [3.63, 3.8) is 0 Å². The summed E-state index contributed by atoms with van der Waals surface area (Å²) >= 11 is 0. The molecule has 1 heterocycles. The van der Waals surface area contributed by atoms with Crippen LogP contribution >= 0.6 is 0 Å². The van der Waals surface area contributed by atoms with Gasteiger partial charge in [0.05, 0.1) is 0 Å². The van der Waals surface area contributed by atoms with E-state index in [1.165, 1.54) is 19.1 Å². The van der Waals surface area contributed by atoms with Crippen LogP contribution in [0.15, 0.2) is 83.3 Å². The fourth-order valence-corrected chi connectivity index (χ4v) is 3.01. The maximum Gasteiger partial charge on any atom is 0.247 e. The summed E-state index contributed by atoms with van der Waals surface area (Å²) in [6.07, 6.45) is 0. The number of nitrogens with one attached hydrogen (secondary N) is 2. The van der Waals surface area contributed by atoms with Gasteiger partial charge in [-0.25, -0.2) is 4.39 Å². The van der Waals surface area contributed by atoms with Crippen LogP contribution in [-0.2, 0) is 4.79 Å². The molecular weight excluding hydrogens is 383 g/mol. The summed E-state index contributed by atoms with van der Waals surface area (Å²) < 4.78 is 19.4. The average Bonchev–Trinajstić information content (AvgIpc) is 3.24. The highest BCUT2D eigenvalue weighted by atomic mass is 19.1. The minimum absolute atomic E-state index is 0.140. The van der Waals surface area contributed by atoms with Crippen LogP contribution in [0.3, 0.4) is 0 Å². The molecule has 0 aliphatic carbocycles. The van der Waals surface area contributed by atoms with Gasteiger partial charge in [0, 0.05) is 23.9 Å². The van der Waals surface area contributed by atoms with Gasteiger partial charge in [-0.1, -0.05) is 30.3 Å². The van der Waals surface area contributed by atoms with Gasteiger partial charge in [0.25, 0.3) is 0 Å². The molecule has 4 aromatic rings. The van der Waals surface area contributed by atoms with Gasteiger partial charge in [-0.3, -0.25) is 4.79 Å². The molecule has 2 N–H and O–H groups in total. The fourth-order valence-electron chi connectivity index (χ4n) is 3.01. The summed E-state index contributed by atoms with van der Waals surface area (Å²) in [5, 5.41) is 14.4. The molecule has 0 bridgehead atoms. The van der Waals surface area contributed by atoms with Crippen LogP contribution in [0.4, 0.5) is 15.8 Å². The summed E-state index contributed by atoms with van der Waals surface area (Å²) in [5.41, 5.74) is 3.05. The molecule has 0 saturated carbocycles. The molecule has 150 valence electrons. The molecule has 0 fully saturated rings. The van der Waals surface area contributed by atoms with Crippen LogP contribution in [0, 0.1) is 5.82 Å². The Hall–Kier alpha value is -4.00. The van der Waals surface area contributed by atoms with Gasteiger partial charge in [-0.2, -0.15) is 0 Å². The lowest BCUT2D eigenvalue weighted by molar-refractivity contribution is -0.114. The van der Waals surface area contributed by atoms with E-state index in [1.54, 1.807) is 24.3 Å². The Morgan fingerprint density at radius 3 is 2.23 bits per heavy atom. The number of amides is 1. The van der Waals surface area contributed by atoms with Crippen molar-refractivity contribution >= 4 is 17.3 Å². The van der Waals surface area contributed by atoms with E-state index in [-0.39, 0.29) is 11.7 Å². The molecule has 0 radical (unpaired) electrons. The average molecular weight is 402 g/mol. The Bertz CT molecular complexity index is 1130. The number of carbonyl (C=O) groups excluding carboxylic acids is 1. The Morgan fingerprint density at radius 1 is 0.900 bits per heavy atom. The van der Waals surface area contributed by atoms with Crippen LogP contribution in [0.25, 0.3) is 11.5 Å². The van der Waals surface area contributed by atoms with E-state index in [1.807, 2.05) is 42.5 Å². The number of nitrogens with zero attached hydrogens (tertiary/aromatic N) is 2. The first-order valence-electron chi connectivity index (χ1n) is 9.37. The molecular formula is C23H19FN4O2. The Morgan fingerprint density at radius 2 is 1.57 bits per heavy atom. The number of hydrogen-bond donors (Lipinski definition) is 2.